The summed E-state index contributed by atoms with van der Waals surface area (Å²) < 4.78 is 0. The highest BCUT2D eigenvalue weighted by molar-refractivity contribution is 6.20. The van der Waals surface area contributed by atoms with E-state index in [4.69, 9.17) is 4.99 Å². The van der Waals surface area contributed by atoms with Crippen molar-refractivity contribution in [2.45, 2.75) is 12.0 Å². The quantitative estimate of drug-likeness (QED) is 0.758. The minimum absolute atomic E-state index is 0.317. The van der Waals surface area contributed by atoms with E-state index in [-0.39, 0.29) is 5.54 Å². The number of aromatic amines is 1. The molecule has 0 saturated heterocycles. The molecule has 1 atom stereocenters. The Morgan fingerprint density at radius 1 is 0.923 bits per heavy atom. The van der Waals surface area contributed by atoms with Gasteiger partial charge in [-0.2, -0.15) is 0 Å². The summed E-state index contributed by atoms with van der Waals surface area (Å²) in [5.74, 6) is 0. The van der Waals surface area contributed by atoms with Crippen LogP contribution in [0.15, 0.2) is 94.4 Å². The third-order valence-electron chi connectivity index (χ3n) is 4.81. The summed E-state index contributed by atoms with van der Waals surface area (Å²) in [5, 5.41) is 5.60. The average Bonchev–Trinajstić information content (AvgIpc) is 3.40. The third kappa shape index (κ3) is 2.65. The molecule has 1 aromatic heterocycles. The van der Waals surface area contributed by atoms with Crippen LogP contribution < -0.4 is 16.0 Å². The summed E-state index contributed by atoms with van der Waals surface area (Å²) in [5.41, 5.74) is 4.49. The first-order chi connectivity index (χ1) is 12.7. The Hall–Kier alpha value is -3.40. The summed E-state index contributed by atoms with van der Waals surface area (Å²) in [6, 6.07) is 4.11. The van der Waals surface area contributed by atoms with E-state index in [1.165, 1.54) is 0 Å². The lowest BCUT2D eigenvalue weighted by atomic mass is 9.96. The number of H-pyrrole nitrogens is 1. The number of hydrogen-bond donors (Lipinski definition) is 2. The van der Waals surface area contributed by atoms with Gasteiger partial charge < -0.3 is 10.3 Å². The molecule has 4 nitrogen and oxygen atoms in total. The fraction of sp³-hybridized carbons (Fsp3) is 0.0909. The van der Waals surface area contributed by atoms with Gasteiger partial charge in [-0.15, -0.1) is 6.58 Å². The highest BCUT2D eigenvalue weighted by Gasteiger charge is 2.29. The minimum atomic E-state index is -0.317. The van der Waals surface area contributed by atoms with Gasteiger partial charge in [0.15, 0.2) is 0 Å². The largest absolute Gasteiger partial charge is 0.372 e. The molecular weight excluding hydrogens is 320 g/mol. The summed E-state index contributed by atoms with van der Waals surface area (Å²) in [6.45, 7) is 4.03. The summed E-state index contributed by atoms with van der Waals surface area (Å²) in [7, 11) is 0. The van der Waals surface area contributed by atoms with Crippen LogP contribution in [0, 0.1) is 0 Å². The second-order valence-corrected chi connectivity index (χ2v) is 6.77. The van der Waals surface area contributed by atoms with Gasteiger partial charge in [0.2, 0.25) is 0 Å². The van der Waals surface area contributed by atoms with Gasteiger partial charge in [-0.3, -0.25) is 0 Å². The number of fused-ring (bicyclic) bond motifs is 6. The van der Waals surface area contributed by atoms with Gasteiger partial charge in [-0.05, 0) is 67.2 Å². The molecule has 2 N–H and O–H groups in total. The van der Waals surface area contributed by atoms with Crippen LogP contribution in [-0.2, 0) is 0 Å². The van der Waals surface area contributed by atoms with E-state index in [2.05, 4.69) is 52.2 Å². The molecule has 4 aliphatic rings. The first-order valence-electron chi connectivity index (χ1n) is 8.68. The highest BCUT2D eigenvalue weighted by atomic mass is 15.0. The standard InChI is InChI=1S/C22H18N4/c1-2-22-10-9-20(26-22)13-19-6-5-16(24-19)11-15-3-4-17(23-15)12-18-7-8-21(14-22)25-18/h2-9,11-14,23,26H,1,10H2. The van der Waals surface area contributed by atoms with Crippen LogP contribution >= 0.6 is 0 Å². The van der Waals surface area contributed by atoms with Crippen molar-refractivity contribution in [3.63, 3.8) is 0 Å². The summed E-state index contributed by atoms with van der Waals surface area (Å²) >= 11 is 0. The molecule has 8 bridgehead atoms. The highest BCUT2D eigenvalue weighted by Crippen LogP contribution is 2.28. The Bertz CT molecular complexity index is 1140. The van der Waals surface area contributed by atoms with Crippen molar-refractivity contribution < 1.29 is 0 Å². The molecule has 0 radical (unpaired) electrons. The van der Waals surface area contributed by atoms with E-state index in [0.29, 0.717) is 0 Å². The predicted octanol–water partition coefficient (Wildman–Crippen LogP) is 2.18. The number of hydrogen-bond acceptors (Lipinski definition) is 3. The lowest BCUT2D eigenvalue weighted by Crippen LogP contribution is -2.36. The first-order valence-corrected chi connectivity index (χ1v) is 8.68. The molecule has 0 spiro atoms. The van der Waals surface area contributed by atoms with Crippen LogP contribution in [0.4, 0.5) is 0 Å². The van der Waals surface area contributed by atoms with Crippen molar-refractivity contribution in [3.05, 3.63) is 95.1 Å². The monoisotopic (exact) mass is 338 g/mol. The number of aromatic nitrogens is 1. The molecule has 5 rings (SSSR count). The molecule has 4 aliphatic heterocycles. The predicted molar refractivity (Wildman–Crippen MR) is 107 cm³/mol. The number of rotatable bonds is 1. The van der Waals surface area contributed by atoms with E-state index in [1.807, 2.05) is 42.5 Å². The zero-order chi connectivity index (χ0) is 17.6. The maximum absolute atomic E-state index is 4.72. The van der Waals surface area contributed by atoms with Crippen molar-refractivity contribution in [3.8, 4) is 0 Å². The van der Waals surface area contributed by atoms with Gasteiger partial charge in [-0.1, -0.05) is 12.2 Å². The normalized spacial score (nSPS) is 25.3. The molecular formula is C22H18N4. The zero-order valence-corrected chi connectivity index (χ0v) is 14.2. The minimum Gasteiger partial charge on any atom is -0.372 e. The second kappa shape index (κ2) is 5.56. The molecule has 1 unspecified atom stereocenters. The number of nitrogens with one attached hydrogen (secondary N) is 2. The number of nitrogens with zero attached hydrogens (tertiary/aromatic N) is 2. The Kier molecular flexibility index (Phi) is 3.19. The van der Waals surface area contributed by atoms with Gasteiger partial charge in [0.1, 0.15) is 0 Å². The lowest BCUT2D eigenvalue weighted by Gasteiger charge is -2.23. The number of aliphatic imine (C=N–C) groups is 2. The van der Waals surface area contributed by atoms with Gasteiger partial charge in [0.25, 0.3) is 0 Å². The van der Waals surface area contributed by atoms with Crippen molar-refractivity contribution in [2.24, 2.45) is 9.98 Å². The lowest BCUT2D eigenvalue weighted by molar-refractivity contribution is 0.592. The maximum Gasteiger partial charge on any atom is 0.0796 e. The topological polar surface area (TPSA) is 52.5 Å². The fourth-order valence-corrected chi connectivity index (χ4v) is 3.48. The van der Waals surface area contributed by atoms with Gasteiger partial charge in [0.05, 0.1) is 28.4 Å². The Labute approximate surface area is 151 Å². The number of allylic oxidation sites excluding steroid dienone is 5. The molecule has 4 heteroatoms. The van der Waals surface area contributed by atoms with Crippen LogP contribution in [0.5, 0.6) is 0 Å². The molecule has 26 heavy (non-hydrogen) atoms. The van der Waals surface area contributed by atoms with Crippen molar-refractivity contribution in [1.82, 2.24) is 10.3 Å². The van der Waals surface area contributed by atoms with Crippen LogP contribution in [0.2, 0.25) is 0 Å². The van der Waals surface area contributed by atoms with Crippen LogP contribution in [0.25, 0.3) is 12.2 Å². The van der Waals surface area contributed by atoms with Gasteiger partial charge >= 0.3 is 0 Å². The summed E-state index contributed by atoms with van der Waals surface area (Å²) in [6.07, 6.45) is 21.4. The Morgan fingerprint density at radius 2 is 1.62 bits per heavy atom. The van der Waals surface area contributed by atoms with E-state index >= 15 is 0 Å². The first kappa shape index (κ1) is 14.9. The third-order valence-corrected chi connectivity index (χ3v) is 4.81. The molecule has 5 heterocycles. The molecule has 0 amide bonds. The van der Waals surface area contributed by atoms with E-state index in [1.54, 1.807) is 0 Å². The molecule has 0 saturated carbocycles. The smallest absolute Gasteiger partial charge is 0.0796 e. The zero-order valence-electron chi connectivity index (χ0n) is 14.2. The molecule has 0 aliphatic carbocycles. The maximum atomic E-state index is 4.72. The molecule has 0 aromatic carbocycles. The SMILES string of the molecule is C=CC12C=C3C=CC(=N3)C=c3ccc([nH]3)=CC3=NC(=CC(=CC1)N2)C=C3. The van der Waals surface area contributed by atoms with Crippen LogP contribution in [0.1, 0.15) is 6.42 Å². The Balaban J connectivity index is 1.68. The summed E-state index contributed by atoms with van der Waals surface area (Å²) in [4.78, 5) is 12.8. The molecule has 1 aromatic rings. The van der Waals surface area contributed by atoms with Crippen LogP contribution in [-0.4, -0.2) is 21.9 Å². The van der Waals surface area contributed by atoms with Crippen LogP contribution in [0.3, 0.4) is 0 Å². The van der Waals surface area contributed by atoms with Crippen molar-refractivity contribution >= 4 is 23.6 Å². The van der Waals surface area contributed by atoms with E-state index < -0.39 is 0 Å². The van der Waals surface area contributed by atoms with Crippen molar-refractivity contribution in [2.75, 3.05) is 0 Å². The average molecular weight is 338 g/mol. The van der Waals surface area contributed by atoms with Gasteiger partial charge in [-0.25, -0.2) is 9.98 Å². The molecule has 0 fully saturated rings. The van der Waals surface area contributed by atoms with E-state index in [9.17, 15) is 0 Å². The second-order valence-electron chi connectivity index (χ2n) is 6.77. The Morgan fingerprint density at radius 3 is 2.35 bits per heavy atom. The fourth-order valence-electron chi connectivity index (χ4n) is 3.48. The molecule has 126 valence electrons. The van der Waals surface area contributed by atoms with Crippen molar-refractivity contribution in [1.29, 1.82) is 0 Å². The van der Waals surface area contributed by atoms with E-state index in [0.717, 1.165) is 45.6 Å². The van der Waals surface area contributed by atoms with Gasteiger partial charge in [0, 0.05) is 16.4 Å².